The van der Waals surface area contributed by atoms with E-state index in [1.165, 1.54) is 0 Å². The van der Waals surface area contributed by atoms with E-state index in [0.717, 1.165) is 22.3 Å². The monoisotopic (exact) mass is 524 g/mol. The van der Waals surface area contributed by atoms with Gasteiger partial charge in [-0.25, -0.2) is 0 Å². The lowest BCUT2D eigenvalue weighted by molar-refractivity contribution is 0.0982. The Morgan fingerprint density at radius 3 is 1.16 bits per heavy atom. The summed E-state index contributed by atoms with van der Waals surface area (Å²) >= 11 is 3.31. The van der Waals surface area contributed by atoms with Crippen molar-refractivity contribution in [3.63, 3.8) is 0 Å². The molecule has 2 nitrogen and oxygen atoms in total. The summed E-state index contributed by atoms with van der Waals surface area (Å²) in [6.07, 6.45) is 1.28. The lowest BCUT2D eigenvalue weighted by atomic mass is 10.0. The molecule has 4 aromatic carbocycles. The molecule has 4 aromatic rings. The van der Waals surface area contributed by atoms with Crippen LogP contribution in [0.1, 0.15) is 45.7 Å². The summed E-state index contributed by atoms with van der Waals surface area (Å²) < 4.78 is -0.381. The Hall–Kier alpha value is -3.08. The van der Waals surface area contributed by atoms with Crippen molar-refractivity contribution in [1.29, 1.82) is 0 Å². The predicted molar refractivity (Wildman–Crippen MR) is 159 cm³/mol. The quantitative estimate of drug-likeness (QED) is 0.138. The van der Waals surface area contributed by atoms with E-state index in [4.69, 9.17) is 0 Å². The van der Waals surface area contributed by atoms with Gasteiger partial charge >= 0.3 is 0 Å². The highest BCUT2D eigenvalue weighted by molar-refractivity contribution is 8.19. The van der Waals surface area contributed by atoms with Crippen LogP contribution < -0.4 is 0 Å². The van der Waals surface area contributed by atoms with Crippen molar-refractivity contribution in [2.75, 3.05) is 0 Å². The molecule has 0 N–H and O–H groups in total. The van der Waals surface area contributed by atoms with Crippen LogP contribution in [-0.2, 0) is 12.8 Å². The van der Waals surface area contributed by atoms with Crippen molar-refractivity contribution in [2.45, 2.75) is 41.3 Å². The zero-order chi connectivity index (χ0) is 26.1. The Morgan fingerprint density at radius 1 is 0.541 bits per heavy atom. The first-order valence-electron chi connectivity index (χ1n) is 12.5. The van der Waals surface area contributed by atoms with E-state index in [1.54, 1.807) is 23.5 Å². The minimum Gasteiger partial charge on any atom is -0.293 e. The first kappa shape index (κ1) is 27.0. The number of ketones is 2. The van der Waals surface area contributed by atoms with Crippen LogP contribution in [0.5, 0.6) is 0 Å². The minimum atomic E-state index is -0.381. The van der Waals surface area contributed by atoms with Crippen LogP contribution in [0.15, 0.2) is 121 Å². The highest BCUT2D eigenvalue weighted by Crippen LogP contribution is 2.44. The third-order valence-corrected chi connectivity index (χ3v) is 9.12. The molecule has 0 fully saturated rings. The fraction of sp³-hybridized carbons (Fsp3) is 0.212. The van der Waals surface area contributed by atoms with Crippen molar-refractivity contribution in [1.82, 2.24) is 0 Å². The highest BCUT2D eigenvalue weighted by atomic mass is 32.2. The van der Waals surface area contributed by atoms with E-state index in [0.29, 0.717) is 12.8 Å². The number of hydrogen-bond donors (Lipinski definition) is 0. The van der Waals surface area contributed by atoms with Crippen LogP contribution >= 0.6 is 23.5 Å². The maximum Gasteiger partial charge on any atom is 0.176 e. The standard InChI is InChI=1S/C33H32O2S2/c1-33(2,36-29(23-25-15-7-3-8-16-25)31(34)27-19-11-5-12-20-27)37-30(24-26-17-9-4-10-18-26)32(35)28-21-13-6-14-22-28/h3-22,29-30H,23-24H2,1-2H3. The summed E-state index contributed by atoms with van der Waals surface area (Å²) in [4.78, 5) is 27.3. The molecule has 37 heavy (non-hydrogen) atoms. The third kappa shape index (κ3) is 7.95. The number of thioether (sulfide) groups is 2. The van der Waals surface area contributed by atoms with Gasteiger partial charge in [0.05, 0.1) is 14.6 Å². The zero-order valence-corrected chi connectivity index (χ0v) is 22.9. The van der Waals surface area contributed by atoms with E-state index in [-0.39, 0.29) is 26.1 Å². The summed E-state index contributed by atoms with van der Waals surface area (Å²) in [5.41, 5.74) is 3.70. The van der Waals surface area contributed by atoms with E-state index < -0.39 is 0 Å². The van der Waals surface area contributed by atoms with Crippen LogP contribution in [0, 0.1) is 0 Å². The predicted octanol–water partition coefficient (Wildman–Crippen LogP) is 8.18. The van der Waals surface area contributed by atoms with Crippen LogP contribution in [0.2, 0.25) is 0 Å². The molecule has 2 atom stereocenters. The van der Waals surface area contributed by atoms with Gasteiger partial charge in [0, 0.05) is 11.1 Å². The molecule has 0 saturated carbocycles. The molecule has 4 heteroatoms. The van der Waals surface area contributed by atoms with Crippen LogP contribution in [0.25, 0.3) is 0 Å². The number of carbonyl (C=O) groups is 2. The van der Waals surface area contributed by atoms with Gasteiger partial charge in [0.15, 0.2) is 11.6 Å². The van der Waals surface area contributed by atoms with Crippen molar-refractivity contribution >= 4 is 35.1 Å². The lowest BCUT2D eigenvalue weighted by Gasteiger charge is -2.32. The van der Waals surface area contributed by atoms with Gasteiger partial charge in [-0.1, -0.05) is 121 Å². The Labute approximate surface area is 228 Å². The molecule has 188 valence electrons. The second kappa shape index (κ2) is 12.9. The molecular formula is C33H32O2S2. The van der Waals surface area contributed by atoms with E-state index in [1.807, 2.05) is 97.1 Å². The van der Waals surface area contributed by atoms with Gasteiger partial charge in [0.2, 0.25) is 0 Å². The van der Waals surface area contributed by atoms with E-state index in [9.17, 15) is 9.59 Å². The van der Waals surface area contributed by atoms with E-state index >= 15 is 0 Å². The molecule has 0 radical (unpaired) electrons. The second-order valence-electron chi connectivity index (χ2n) is 9.45. The Morgan fingerprint density at radius 2 is 0.838 bits per heavy atom. The first-order valence-corrected chi connectivity index (χ1v) is 14.3. The normalized spacial score (nSPS) is 13.0. The second-order valence-corrected chi connectivity index (χ2v) is 13.4. The average molecular weight is 525 g/mol. The van der Waals surface area contributed by atoms with Gasteiger partial charge in [-0.3, -0.25) is 9.59 Å². The van der Waals surface area contributed by atoms with Crippen LogP contribution in [0.3, 0.4) is 0 Å². The molecule has 2 unspecified atom stereocenters. The molecule has 4 rings (SSSR count). The number of Topliss-reactive ketones (excluding diaryl/α,β-unsaturated/α-hetero) is 2. The molecular weight excluding hydrogens is 492 g/mol. The topological polar surface area (TPSA) is 34.1 Å². The third-order valence-electron chi connectivity index (χ3n) is 6.08. The Kier molecular flexibility index (Phi) is 9.43. The van der Waals surface area contributed by atoms with Crippen molar-refractivity contribution in [2.24, 2.45) is 0 Å². The van der Waals surface area contributed by atoms with Gasteiger partial charge in [-0.15, -0.1) is 23.5 Å². The highest BCUT2D eigenvalue weighted by Gasteiger charge is 2.34. The summed E-state index contributed by atoms with van der Waals surface area (Å²) in [6.45, 7) is 4.27. The molecule has 0 aliphatic carbocycles. The molecule has 0 aromatic heterocycles. The van der Waals surface area contributed by atoms with Gasteiger partial charge in [-0.2, -0.15) is 0 Å². The van der Waals surface area contributed by atoms with Gasteiger partial charge in [0.1, 0.15) is 0 Å². The van der Waals surface area contributed by atoms with Crippen molar-refractivity contribution in [3.05, 3.63) is 144 Å². The van der Waals surface area contributed by atoms with Crippen molar-refractivity contribution in [3.8, 4) is 0 Å². The number of hydrogen-bond acceptors (Lipinski definition) is 4. The molecule has 0 heterocycles. The fourth-order valence-corrected chi connectivity index (χ4v) is 7.65. The van der Waals surface area contributed by atoms with Crippen LogP contribution in [0.4, 0.5) is 0 Å². The zero-order valence-electron chi connectivity index (χ0n) is 21.2. The summed E-state index contributed by atoms with van der Waals surface area (Å²) in [5, 5.41) is -0.534. The molecule has 0 amide bonds. The largest absolute Gasteiger partial charge is 0.293 e. The van der Waals surface area contributed by atoms with Gasteiger partial charge in [-0.05, 0) is 37.8 Å². The first-order chi connectivity index (χ1) is 17.9. The average Bonchev–Trinajstić information content (AvgIpc) is 2.93. The Balaban J connectivity index is 1.59. The number of benzene rings is 4. The summed E-state index contributed by atoms with van der Waals surface area (Å²) in [6, 6.07) is 39.4. The SMILES string of the molecule is CC(C)(SC(Cc1ccccc1)C(=O)c1ccccc1)SC(Cc1ccccc1)C(=O)c1ccccc1. The fourth-order valence-electron chi connectivity index (χ4n) is 4.32. The summed E-state index contributed by atoms with van der Waals surface area (Å²) in [7, 11) is 0. The van der Waals surface area contributed by atoms with Crippen molar-refractivity contribution < 1.29 is 9.59 Å². The van der Waals surface area contributed by atoms with Gasteiger partial charge < -0.3 is 0 Å². The molecule has 0 spiro atoms. The maximum absolute atomic E-state index is 13.7. The Bertz CT molecular complexity index is 1170. The van der Waals surface area contributed by atoms with Crippen LogP contribution in [-0.4, -0.2) is 26.1 Å². The molecule has 0 aliphatic rings. The van der Waals surface area contributed by atoms with Gasteiger partial charge in [0.25, 0.3) is 0 Å². The lowest BCUT2D eigenvalue weighted by Crippen LogP contribution is -2.30. The number of carbonyl (C=O) groups excluding carboxylic acids is 2. The molecule has 0 bridgehead atoms. The minimum absolute atomic E-state index is 0.122. The maximum atomic E-state index is 13.7. The van der Waals surface area contributed by atoms with E-state index in [2.05, 4.69) is 38.1 Å². The smallest absolute Gasteiger partial charge is 0.176 e. The summed E-state index contributed by atoms with van der Waals surface area (Å²) in [5.74, 6) is 0.245. The molecule has 0 aliphatic heterocycles. The number of rotatable bonds is 12. The molecule has 0 saturated heterocycles.